The fourth-order valence-corrected chi connectivity index (χ4v) is 1.86. The zero-order chi connectivity index (χ0) is 15.5. The second kappa shape index (κ2) is 6.17. The van der Waals surface area contributed by atoms with Crippen molar-refractivity contribution >= 4 is 5.91 Å². The standard InChI is InChI=1S/C14H15F3N2O2/c1-9(11-6-18-7-11)13(20)19-8-10-4-2-3-5-12(10)21-14(15,16)17/h2-5,18H,6-8H2,1H3,(H,19,20). The number of nitrogens with one attached hydrogen (secondary N) is 2. The lowest BCUT2D eigenvalue weighted by Crippen LogP contribution is -2.37. The third-order valence-corrected chi connectivity index (χ3v) is 3.19. The first-order valence-corrected chi connectivity index (χ1v) is 6.38. The molecule has 2 N–H and O–H groups in total. The first-order chi connectivity index (χ1) is 9.87. The average molecular weight is 300 g/mol. The number of amides is 1. The summed E-state index contributed by atoms with van der Waals surface area (Å²) >= 11 is 0. The summed E-state index contributed by atoms with van der Waals surface area (Å²) in [6, 6.07) is 5.73. The quantitative estimate of drug-likeness (QED) is 0.838. The van der Waals surface area contributed by atoms with Crippen LogP contribution >= 0.6 is 0 Å². The molecule has 1 heterocycles. The highest BCUT2D eigenvalue weighted by Crippen LogP contribution is 2.26. The van der Waals surface area contributed by atoms with Crippen LogP contribution in [0.3, 0.4) is 0 Å². The Balaban J connectivity index is 2.01. The van der Waals surface area contributed by atoms with E-state index in [2.05, 4.69) is 15.4 Å². The van der Waals surface area contributed by atoms with Crippen LogP contribution in [0.15, 0.2) is 35.4 Å². The van der Waals surface area contributed by atoms with Crippen molar-refractivity contribution in [2.45, 2.75) is 19.8 Å². The first-order valence-electron chi connectivity index (χ1n) is 6.38. The molecule has 2 rings (SSSR count). The van der Waals surface area contributed by atoms with Gasteiger partial charge in [0.1, 0.15) is 5.75 Å². The van der Waals surface area contributed by atoms with E-state index in [-0.39, 0.29) is 23.8 Å². The van der Waals surface area contributed by atoms with Gasteiger partial charge in [-0.1, -0.05) is 18.2 Å². The predicted octanol–water partition coefficient (Wildman–Crippen LogP) is 2.12. The highest BCUT2D eigenvalue weighted by Gasteiger charge is 2.32. The van der Waals surface area contributed by atoms with Gasteiger partial charge in [0.05, 0.1) is 0 Å². The van der Waals surface area contributed by atoms with Crippen molar-refractivity contribution in [2.24, 2.45) is 0 Å². The lowest BCUT2D eigenvalue weighted by Gasteiger charge is -2.21. The molecule has 1 aromatic carbocycles. The normalized spacial score (nSPS) is 14.4. The molecule has 0 bridgehead atoms. The van der Waals surface area contributed by atoms with Crippen molar-refractivity contribution in [1.29, 1.82) is 0 Å². The van der Waals surface area contributed by atoms with E-state index in [1.165, 1.54) is 18.2 Å². The highest BCUT2D eigenvalue weighted by molar-refractivity contribution is 5.93. The van der Waals surface area contributed by atoms with Gasteiger partial charge in [-0.25, -0.2) is 0 Å². The van der Waals surface area contributed by atoms with Crippen LogP contribution in [0.2, 0.25) is 0 Å². The SMILES string of the molecule is CC(C(=O)NCc1ccccc1OC(F)(F)F)=C1CNC1. The van der Waals surface area contributed by atoms with Gasteiger partial charge < -0.3 is 15.4 Å². The lowest BCUT2D eigenvalue weighted by molar-refractivity contribution is -0.274. The summed E-state index contributed by atoms with van der Waals surface area (Å²) in [5.74, 6) is -0.589. The third kappa shape index (κ3) is 4.22. The summed E-state index contributed by atoms with van der Waals surface area (Å²) in [5.41, 5.74) is 1.88. The summed E-state index contributed by atoms with van der Waals surface area (Å²) in [4.78, 5) is 11.9. The summed E-state index contributed by atoms with van der Waals surface area (Å²) in [6.45, 7) is 3.02. The maximum absolute atomic E-state index is 12.3. The smallest absolute Gasteiger partial charge is 0.405 e. The Morgan fingerprint density at radius 2 is 2.00 bits per heavy atom. The van der Waals surface area contributed by atoms with Gasteiger partial charge in [0, 0.05) is 30.8 Å². The van der Waals surface area contributed by atoms with Crippen molar-refractivity contribution in [3.05, 3.63) is 41.0 Å². The van der Waals surface area contributed by atoms with Crippen LogP contribution in [-0.2, 0) is 11.3 Å². The Hall–Kier alpha value is -2.02. The third-order valence-electron chi connectivity index (χ3n) is 3.19. The topological polar surface area (TPSA) is 50.4 Å². The van der Waals surface area contributed by atoms with E-state index >= 15 is 0 Å². The Morgan fingerprint density at radius 1 is 1.33 bits per heavy atom. The largest absolute Gasteiger partial charge is 0.573 e. The first kappa shape index (κ1) is 15.4. The van der Waals surface area contributed by atoms with Crippen molar-refractivity contribution < 1.29 is 22.7 Å². The summed E-state index contributed by atoms with van der Waals surface area (Å²) < 4.78 is 40.8. The van der Waals surface area contributed by atoms with E-state index in [1.54, 1.807) is 13.0 Å². The van der Waals surface area contributed by atoms with Gasteiger partial charge in [0.2, 0.25) is 5.91 Å². The van der Waals surface area contributed by atoms with Gasteiger partial charge >= 0.3 is 6.36 Å². The summed E-state index contributed by atoms with van der Waals surface area (Å²) in [7, 11) is 0. The Labute approximate surface area is 120 Å². The zero-order valence-corrected chi connectivity index (χ0v) is 11.4. The van der Waals surface area contributed by atoms with Crippen molar-refractivity contribution in [1.82, 2.24) is 10.6 Å². The molecule has 0 aliphatic carbocycles. The Kier molecular flexibility index (Phi) is 4.52. The Bertz CT molecular complexity index is 562. The molecule has 4 nitrogen and oxygen atoms in total. The van der Waals surface area contributed by atoms with Crippen LogP contribution in [0.5, 0.6) is 5.75 Å². The van der Waals surface area contributed by atoms with E-state index in [1.807, 2.05) is 0 Å². The van der Waals surface area contributed by atoms with E-state index < -0.39 is 6.36 Å². The van der Waals surface area contributed by atoms with Gasteiger partial charge in [-0.05, 0) is 18.6 Å². The minimum atomic E-state index is -4.75. The minimum Gasteiger partial charge on any atom is -0.405 e. The number of para-hydroxylation sites is 1. The number of hydrogen-bond acceptors (Lipinski definition) is 3. The van der Waals surface area contributed by atoms with Crippen molar-refractivity contribution in [3.63, 3.8) is 0 Å². The van der Waals surface area contributed by atoms with E-state index in [9.17, 15) is 18.0 Å². The molecule has 0 spiro atoms. The lowest BCUT2D eigenvalue weighted by atomic mass is 10.0. The maximum atomic E-state index is 12.3. The van der Waals surface area contributed by atoms with Crippen LogP contribution in [0, 0.1) is 0 Å². The van der Waals surface area contributed by atoms with Gasteiger partial charge in [-0.15, -0.1) is 13.2 Å². The van der Waals surface area contributed by atoms with Crippen LogP contribution in [0.1, 0.15) is 12.5 Å². The molecule has 0 atom stereocenters. The molecular weight excluding hydrogens is 285 g/mol. The number of carbonyl (C=O) groups is 1. The fourth-order valence-electron chi connectivity index (χ4n) is 1.86. The summed E-state index contributed by atoms with van der Waals surface area (Å²) in [6.07, 6.45) is -4.75. The molecule has 1 saturated heterocycles. The highest BCUT2D eigenvalue weighted by atomic mass is 19.4. The average Bonchev–Trinajstić information content (AvgIpc) is 2.33. The number of hydrogen-bond donors (Lipinski definition) is 2. The molecule has 1 amide bonds. The van der Waals surface area contributed by atoms with Gasteiger partial charge in [-0.3, -0.25) is 4.79 Å². The number of rotatable bonds is 4. The number of ether oxygens (including phenoxy) is 1. The number of benzene rings is 1. The van der Waals surface area contributed by atoms with Crippen LogP contribution < -0.4 is 15.4 Å². The van der Waals surface area contributed by atoms with Crippen molar-refractivity contribution in [3.8, 4) is 5.75 Å². The Morgan fingerprint density at radius 3 is 2.57 bits per heavy atom. The number of alkyl halides is 3. The van der Waals surface area contributed by atoms with Crippen LogP contribution in [0.4, 0.5) is 13.2 Å². The monoisotopic (exact) mass is 300 g/mol. The van der Waals surface area contributed by atoms with Crippen LogP contribution in [-0.4, -0.2) is 25.4 Å². The summed E-state index contributed by atoms with van der Waals surface area (Å²) in [5, 5.41) is 5.62. The molecule has 21 heavy (non-hydrogen) atoms. The second-order valence-electron chi connectivity index (χ2n) is 4.67. The molecule has 0 saturated carbocycles. The minimum absolute atomic E-state index is 0.0247. The number of carbonyl (C=O) groups excluding carboxylic acids is 1. The second-order valence-corrected chi connectivity index (χ2v) is 4.67. The molecule has 114 valence electrons. The van der Waals surface area contributed by atoms with E-state index in [4.69, 9.17) is 0 Å². The molecule has 0 unspecified atom stereocenters. The molecule has 1 aromatic rings. The molecule has 0 radical (unpaired) electrons. The van der Waals surface area contributed by atoms with Crippen LogP contribution in [0.25, 0.3) is 0 Å². The molecule has 1 aliphatic rings. The molecular formula is C14H15F3N2O2. The fraction of sp³-hybridized carbons (Fsp3) is 0.357. The van der Waals surface area contributed by atoms with Crippen molar-refractivity contribution in [2.75, 3.05) is 13.1 Å². The zero-order valence-electron chi connectivity index (χ0n) is 11.4. The van der Waals surface area contributed by atoms with Gasteiger partial charge in [0.25, 0.3) is 0 Å². The molecule has 0 aromatic heterocycles. The van der Waals surface area contributed by atoms with Gasteiger partial charge in [0.15, 0.2) is 0 Å². The van der Waals surface area contributed by atoms with E-state index in [0.717, 1.165) is 5.57 Å². The number of halogens is 3. The predicted molar refractivity (Wildman–Crippen MR) is 70.5 cm³/mol. The van der Waals surface area contributed by atoms with Gasteiger partial charge in [-0.2, -0.15) is 0 Å². The maximum Gasteiger partial charge on any atom is 0.573 e. The molecule has 7 heteroatoms. The molecule has 1 aliphatic heterocycles. The van der Waals surface area contributed by atoms with E-state index in [0.29, 0.717) is 18.7 Å². The molecule has 1 fully saturated rings.